The van der Waals surface area contributed by atoms with Gasteiger partial charge in [0.2, 0.25) is 5.95 Å². The molecule has 0 bridgehead atoms. The molecule has 1 N–H and O–H groups in total. The number of carbonyl (C=O) groups excluding carboxylic acids is 2. The van der Waals surface area contributed by atoms with E-state index in [1.165, 1.54) is 32.0 Å². The molecule has 55 heavy (non-hydrogen) atoms. The Morgan fingerprint density at radius 3 is 1.98 bits per heavy atom. The standard InChI is InChI=1S/C41H38F5N7O2/c1-25(2)52(38(54)41(44,45)46)29-18-17-26(3)30(23-29)34-31-24-47-40(55)53(36-32(42)15-10-16-33(36)43)37(31)49-39(48-34)51-21-19-50(20-22-51)35(27-11-6-4-7-12-27)28-13-8-5-9-14-28/h4-18,23,25,35H,19-22,24H2,1-3H3,(H,47,55). The molecule has 2 aliphatic rings. The lowest BCUT2D eigenvalue weighted by molar-refractivity contribution is -0.170. The van der Waals surface area contributed by atoms with Crippen molar-refractivity contribution in [3.05, 3.63) is 131 Å². The van der Waals surface area contributed by atoms with E-state index in [-0.39, 0.29) is 41.3 Å². The van der Waals surface area contributed by atoms with Gasteiger partial charge in [-0.2, -0.15) is 18.2 Å². The average molecular weight is 756 g/mol. The number of fused-ring (bicyclic) bond motifs is 1. The number of para-hydroxylation sites is 1. The third-order valence-corrected chi connectivity index (χ3v) is 9.89. The van der Waals surface area contributed by atoms with Crippen LogP contribution in [-0.4, -0.2) is 65.2 Å². The van der Waals surface area contributed by atoms with Gasteiger partial charge in [-0.05, 0) is 61.7 Å². The molecule has 0 atom stereocenters. The van der Waals surface area contributed by atoms with Crippen molar-refractivity contribution in [1.29, 1.82) is 0 Å². The molecule has 0 radical (unpaired) electrons. The maximum atomic E-state index is 15.4. The zero-order chi connectivity index (χ0) is 39.0. The number of carbonyl (C=O) groups is 2. The molecule has 1 aromatic heterocycles. The number of halogens is 5. The van der Waals surface area contributed by atoms with Gasteiger partial charge in [0.05, 0.1) is 18.3 Å². The first-order valence-electron chi connectivity index (χ1n) is 17.9. The molecular formula is C41H38F5N7O2. The smallest absolute Gasteiger partial charge is 0.338 e. The molecule has 3 heterocycles. The van der Waals surface area contributed by atoms with Crippen molar-refractivity contribution in [3.63, 3.8) is 0 Å². The number of hydrogen-bond donors (Lipinski definition) is 1. The van der Waals surface area contributed by atoms with Crippen LogP contribution in [0.4, 0.5) is 49.9 Å². The predicted molar refractivity (Wildman–Crippen MR) is 200 cm³/mol. The fourth-order valence-electron chi connectivity index (χ4n) is 7.29. The number of rotatable bonds is 8. The Kier molecular flexibility index (Phi) is 10.3. The van der Waals surface area contributed by atoms with Crippen molar-refractivity contribution in [3.8, 4) is 11.3 Å². The van der Waals surface area contributed by atoms with Crippen LogP contribution in [0.2, 0.25) is 0 Å². The zero-order valence-corrected chi connectivity index (χ0v) is 30.3. The SMILES string of the molecule is Cc1ccc(N(C(=O)C(F)(F)F)C(C)C)cc1-c1nc(N2CCN(C(c3ccccc3)c3ccccc3)CC2)nc2c1CNC(=O)N2c1c(F)cccc1F. The Labute approximate surface area is 315 Å². The third-order valence-electron chi connectivity index (χ3n) is 9.89. The molecule has 0 aliphatic carbocycles. The summed E-state index contributed by atoms with van der Waals surface area (Å²) in [4.78, 5) is 41.6. The van der Waals surface area contributed by atoms with Gasteiger partial charge >= 0.3 is 18.1 Å². The van der Waals surface area contributed by atoms with Gasteiger partial charge in [-0.3, -0.25) is 9.69 Å². The molecule has 0 spiro atoms. The van der Waals surface area contributed by atoms with E-state index >= 15 is 8.78 Å². The number of alkyl halides is 3. The molecule has 7 rings (SSSR count). The lowest BCUT2D eigenvalue weighted by atomic mass is 9.96. The molecule has 0 saturated carbocycles. The number of amides is 3. The highest BCUT2D eigenvalue weighted by Crippen LogP contribution is 2.41. The van der Waals surface area contributed by atoms with Gasteiger partial charge in [0, 0.05) is 49.0 Å². The fourth-order valence-corrected chi connectivity index (χ4v) is 7.29. The van der Waals surface area contributed by atoms with Crippen molar-refractivity contribution < 1.29 is 31.5 Å². The summed E-state index contributed by atoms with van der Waals surface area (Å²) in [6.07, 6.45) is -5.13. The molecule has 1 saturated heterocycles. The van der Waals surface area contributed by atoms with E-state index in [1.807, 2.05) is 41.3 Å². The van der Waals surface area contributed by atoms with Crippen LogP contribution in [0.3, 0.4) is 0 Å². The first-order chi connectivity index (χ1) is 26.3. The molecule has 1 fully saturated rings. The predicted octanol–water partition coefficient (Wildman–Crippen LogP) is 8.31. The van der Waals surface area contributed by atoms with Crippen molar-refractivity contribution >= 4 is 35.1 Å². The fraction of sp³-hybridized carbons (Fsp3) is 0.268. The van der Waals surface area contributed by atoms with Crippen molar-refractivity contribution in [1.82, 2.24) is 20.2 Å². The van der Waals surface area contributed by atoms with Gasteiger partial charge < -0.3 is 15.1 Å². The van der Waals surface area contributed by atoms with Gasteiger partial charge in [0.15, 0.2) is 5.82 Å². The number of nitrogens with one attached hydrogen (secondary N) is 1. The summed E-state index contributed by atoms with van der Waals surface area (Å²) in [5.74, 6) is -3.93. The Balaban J connectivity index is 1.34. The number of hydrogen-bond acceptors (Lipinski definition) is 6. The Bertz CT molecular complexity index is 2150. The van der Waals surface area contributed by atoms with Crippen molar-refractivity contribution in [2.75, 3.05) is 40.9 Å². The Morgan fingerprint density at radius 2 is 1.42 bits per heavy atom. The monoisotopic (exact) mass is 755 g/mol. The molecule has 4 aromatic carbocycles. The van der Waals surface area contributed by atoms with E-state index in [0.29, 0.717) is 42.2 Å². The number of nitrogens with zero attached hydrogens (tertiary/aromatic N) is 6. The second kappa shape index (κ2) is 15.1. The zero-order valence-electron chi connectivity index (χ0n) is 30.3. The van der Waals surface area contributed by atoms with Crippen LogP contribution in [0.5, 0.6) is 0 Å². The molecular weight excluding hydrogens is 717 g/mol. The average Bonchev–Trinajstić information content (AvgIpc) is 3.16. The molecule has 2 aliphatic heterocycles. The summed E-state index contributed by atoms with van der Waals surface area (Å²) in [5.41, 5.74) is 3.06. The van der Waals surface area contributed by atoms with Gasteiger partial charge in [-0.15, -0.1) is 0 Å². The van der Waals surface area contributed by atoms with E-state index in [4.69, 9.17) is 9.97 Å². The molecule has 9 nitrogen and oxygen atoms in total. The maximum Gasteiger partial charge on any atom is 0.471 e. The summed E-state index contributed by atoms with van der Waals surface area (Å²) >= 11 is 0. The van der Waals surface area contributed by atoms with Gasteiger partial charge in [0.25, 0.3) is 0 Å². The summed E-state index contributed by atoms with van der Waals surface area (Å²) in [7, 11) is 0. The normalized spacial score (nSPS) is 15.0. The minimum atomic E-state index is -5.13. The van der Waals surface area contributed by atoms with E-state index in [9.17, 15) is 22.8 Å². The van der Waals surface area contributed by atoms with Crippen LogP contribution in [0.25, 0.3) is 11.3 Å². The topological polar surface area (TPSA) is 84.9 Å². The highest BCUT2D eigenvalue weighted by Gasteiger charge is 2.44. The number of benzene rings is 4. The quantitative estimate of drug-likeness (QED) is 0.161. The number of urea groups is 1. The minimum absolute atomic E-state index is 0.0230. The van der Waals surface area contributed by atoms with E-state index in [1.54, 1.807) is 13.0 Å². The molecule has 3 amide bonds. The summed E-state index contributed by atoms with van der Waals surface area (Å²) < 4.78 is 72.1. The highest BCUT2D eigenvalue weighted by molar-refractivity contribution is 6.02. The number of aryl methyl sites for hydroxylation is 1. The van der Waals surface area contributed by atoms with Crippen LogP contribution < -0.4 is 20.0 Å². The summed E-state index contributed by atoms with van der Waals surface area (Å²) in [5, 5.41) is 2.65. The second-order valence-electron chi connectivity index (χ2n) is 13.8. The van der Waals surface area contributed by atoms with E-state index < -0.39 is 41.5 Å². The molecule has 14 heteroatoms. The first-order valence-corrected chi connectivity index (χ1v) is 17.9. The lowest BCUT2D eigenvalue weighted by Gasteiger charge is -2.40. The van der Waals surface area contributed by atoms with Crippen molar-refractivity contribution in [2.24, 2.45) is 0 Å². The van der Waals surface area contributed by atoms with Gasteiger partial charge in [-0.25, -0.2) is 23.5 Å². The van der Waals surface area contributed by atoms with E-state index in [0.717, 1.165) is 28.2 Å². The minimum Gasteiger partial charge on any atom is -0.338 e. The van der Waals surface area contributed by atoms with Crippen LogP contribution in [0, 0.1) is 18.6 Å². The highest BCUT2D eigenvalue weighted by atomic mass is 19.4. The summed E-state index contributed by atoms with van der Waals surface area (Å²) in [6.45, 7) is 6.58. The second-order valence-corrected chi connectivity index (χ2v) is 13.8. The summed E-state index contributed by atoms with van der Waals surface area (Å²) in [6, 6.07) is 26.3. The van der Waals surface area contributed by atoms with Crippen molar-refractivity contribution in [2.45, 2.75) is 45.6 Å². The molecule has 5 aromatic rings. The third kappa shape index (κ3) is 7.33. The van der Waals surface area contributed by atoms with Crippen LogP contribution in [0.15, 0.2) is 97.1 Å². The Morgan fingerprint density at radius 1 is 0.818 bits per heavy atom. The number of aromatic nitrogens is 2. The van der Waals surface area contributed by atoms with E-state index in [2.05, 4.69) is 34.5 Å². The largest absolute Gasteiger partial charge is 0.471 e. The molecule has 0 unspecified atom stereocenters. The number of anilines is 4. The van der Waals surface area contributed by atoms with Gasteiger partial charge in [-0.1, -0.05) is 72.8 Å². The Hall–Kier alpha value is -5.89. The first kappa shape index (κ1) is 37.4. The lowest BCUT2D eigenvalue weighted by Crippen LogP contribution is -2.49. The maximum absolute atomic E-state index is 15.4. The molecule has 284 valence electrons. The van der Waals surface area contributed by atoms with Gasteiger partial charge in [0.1, 0.15) is 17.3 Å². The van der Waals surface area contributed by atoms with Crippen LogP contribution in [0.1, 0.15) is 42.1 Å². The van der Waals surface area contributed by atoms with Crippen LogP contribution in [-0.2, 0) is 11.3 Å². The number of piperazine rings is 1. The van der Waals surface area contributed by atoms with Crippen LogP contribution >= 0.6 is 0 Å².